The summed E-state index contributed by atoms with van der Waals surface area (Å²) >= 11 is 12.8. The Hall–Kier alpha value is -3.47. The number of hydrogen-bond donors (Lipinski definition) is 1. The lowest BCUT2D eigenvalue weighted by Gasteiger charge is -2.43. The number of hydrogen-bond acceptors (Lipinski definition) is 7. The lowest BCUT2D eigenvalue weighted by molar-refractivity contribution is -0.139. The largest absolute Gasteiger partial charge is 0.463 e. The van der Waals surface area contributed by atoms with Crippen LogP contribution in [0.3, 0.4) is 0 Å². The molecule has 0 spiro atoms. The van der Waals surface area contributed by atoms with E-state index in [-0.39, 0.29) is 36.4 Å². The Kier molecular flexibility index (Phi) is 8.63. The van der Waals surface area contributed by atoms with Gasteiger partial charge in [0.1, 0.15) is 0 Å². The summed E-state index contributed by atoms with van der Waals surface area (Å²) < 4.78 is 16.3. The number of piperazine rings is 1. The normalized spacial score (nSPS) is 20.8. The fraction of sp³-hybridized carbons (Fsp3) is 0.414. The van der Waals surface area contributed by atoms with E-state index in [9.17, 15) is 14.4 Å². The maximum absolute atomic E-state index is 13.4. The van der Waals surface area contributed by atoms with Gasteiger partial charge in [0.05, 0.1) is 28.3 Å². The van der Waals surface area contributed by atoms with Crippen LogP contribution in [-0.4, -0.2) is 84.8 Å². The number of nitrogens with zero attached hydrogens (tertiary/aromatic N) is 3. The van der Waals surface area contributed by atoms with Crippen LogP contribution in [0.5, 0.6) is 11.5 Å². The molecule has 5 rings (SSSR count). The minimum absolute atomic E-state index is 0.0928. The van der Waals surface area contributed by atoms with Crippen LogP contribution in [0.4, 0.5) is 4.79 Å². The molecule has 10 nitrogen and oxygen atoms in total. The second-order valence-corrected chi connectivity index (χ2v) is 10.8. The molecule has 3 aliphatic rings. The van der Waals surface area contributed by atoms with E-state index in [1.807, 2.05) is 18.7 Å². The number of esters is 1. The Morgan fingerprint density at radius 3 is 2.61 bits per heavy atom. The molecule has 2 aromatic rings. The van der Waals surface area contributed by atoms with Crippen LogP contribution in [0, 0.1) is 0 Å². The predicted octanol–water partition coefficient (Wildman–Crippen LogP) is 4.47. The van der Waals surface area contributed by atoms with Crippen LogP contribution in [0.1, 0.15) is 42.7 Å². The highest BCUT2D eigenvalue weighted by molar-refractivity contribution is 6.42. The van der Waals surface area contributed by atoms with Gasteiger partial charge in [0.2, 0.25) is 6.79 Å². The molecular weight excluding hydrogens is 571 g/mol. The number of nitrogens with one attached hydrogen (secondary N) is 1. The lowest BCUT2D eigenvalue weighted by atomic mass is 9.93. The van der Waals surface area contributed by atoms with Crippen LogP contribution >= 0.6 is 23.2 Å². The van der Waals surface area contributed by atoms with Gasteiger partial charge in [-0.05, 0) is 50.6 Å². The van der Waals surface area contributed by atoms with Crippen LogP contribution in [0.25, 0.3) is 0 Å². The molecular formula is C29H32Cl2N4O6. The molecule has 1 N–H and O–H groups in total. The van der Waals surface area contributed by atoms with Gasteiger partial charge in [0.25, 0.3) is 5.91 Å². The fourth-order valence-corrected chi connectivity index (χ4v) is 5.94. The summed E-state index contributed by atoms with van der Waals surface area (Å²) in [6, 6.07) is 9.00. The van der Waals surface area contributed by atoms with Crippen molar-refractivity contribution in [3.8, 4) is 11.5 Å². The van der Waals surface area contributed by atoms with Gasteiger partial charge >= 0.3 is 12.0 Å². The van der Waals surface area contributed by atoms with Crippen LogP contribution in [-0.2, 0) is 9.53 Å². The highest BCUT2D eigenvalue weighted by Crippen LogP contribution is 2.38. The number of ether oxygens (including phenoxy) is 3. The van der Waals surface area contributed by atoms with Crippen molar-refractivity contribution in [3.63, 3.8) is 0 Å². The third-order valence-electron chi connectivity index (χ3n) is 7.51. The van der Waals surface area contributed by atoms with Crippen LogP contribution < -0.4 is 14.8 Å². The number of carbonyl (C=O) groups is 3. The molecule has 2 aromatic carbocycles. The molecule has 41 heavy (non-hydrogen) atoms. The fourth-order valence-electron chi connectivity index (χ4n) is 5.52. The van der Waals surface area contributed by atoms with Gasteiger partial charge in [-0.2, -0.15) is 0 Å². The number of benzene rings is 2. The minimum Gasteiger partial charge on any atom is -0.463 e. The van der Waals surface area contributed by atoms with Gasteiger partial charge in [-0.3, -0.25) is 14.6 Å². The van der Waals surface area contributed by atoms with E-state index in [1.54, 1.807) is 48.2 Å². The number of carbonyl (C=O) groups excluding carboxylic acids is 3. The standard InChI is InChI=1S/C29H32Cl2N4O6/c1-4-34-21(24(28(37)39-5-2)26(32-29(34)38)19-7-6-8-20(30)25(19)31)15-33-11-12-35(17(3)14-33)27(36)18-9-10-22-23(13-18)41-16-40-22/h6-10,13,17,26H,4-5,11-12,14-16H2,1-3H3,(H,32,38)/t17-,26+/m1/s1. The summed E-state index contributed by atoms with van der Waals surface area (Å²) in [5.41, 5.74) is 1.89. The molecule has 2 atom stereocenters. The van der Waals surface area contributed by atoms with Gasteiger partial charge in [0.15, 0.2) is 11.5 Å². The van der Waals surface area contributed by atoms with Crippen LogP contribution in [0.2, 0.25) is 10.0 Å². The van der Waals surface area contributed by atoms with E-state index < -0.39 is 12.0 Å². The quantitative estimate of drug-likeness (QED) is 0.467. The molecule has 218 valence electrons. The second-order valence-electron chi connectivity index (χ2n) is 10.0. The Balaban J connectivity index is 1.42. The van der Waals surface area contributed by atoms with Crippen molar-refractivity contribution in [1.82, 2.24) is 20.0 Å². The van der Waals surface area contributed by atoms with Gasteiger partial charge in [-0.25, -0.2) is 9.59 Å². The van der Waals surface area contributed by atoms with Crippen LogP contribution in [0.15, 0.2) is 47.7 Å². The van der Waals surface area contributed by atoms with E-state index in [0.29, 0.717) is 71.6 Å². The summed E-state index contributed by atoms with van der Waals surface area (Å²) in [5, 5.41) is 3.50. The number of rotatable bonds is 7. The molecule has 1 saturated heterocycles. The van der Waals surface area contributed by atoms with E-state index in [0.717, 1.165) is 0 Å². The third-order valence-corrected chi connectivity index (χ3v) is 8.34. The second kappa shape index (κ2) is 12.2. The average Bonchev–Trinajstić information content (AvgIpc) is 3.42. The van der Waals surface area contributed by atoms with E-state index in [4.69, 9.17) is 37.4 Å². The van der Waals surface area contributed by atoms with Gasteiger partial charge in [-0.15, -0.1) is 0 Å². The first kappa shape index (κ1) is 29.0. The van der Waals surface area contributed by atoms with Crippen molar-refractivity contribution in [2.45, 2.75) is 32.9 Å². The van der Waals surface area contributed by atoms with Crippen molar-refractivity contribution >= 4 is 41.1 Å². The van der Waals surface area contributed by atoms with Gasteiger partial charge in [-0.1, -0.05) is 35.3 Å². The highest BCUT2D eigenvalue weighted by atomic mass is 35.5. The summed E-state index contributed by atoms with van der Waals surface area (Å²) in [4.78, 5) is 45.6. The van der Waals surface area contributed by atoms with Gasteiger partial charge in [0, 0.05) is 50.0 Å². The SMILES string of the molecule is CCOC(=O)C1=C(CN2CCN(C(=O)c3ccc4c(c3)OCO4)[C@H](C)C2)N(CC)C(=O)N[C@H]1c1cccc(Cl)c1Cl. The Morgan fingerprint density at radius 2 is 1.88 bits per heavy atom. The topological polar surface area (TPSA) is 101 Å². The molecule has 0 bridgehead atoms. The molecule has 1 fully saturated rings. The summed E-state index contributed by atoms with van der Waals surface area (Å²) in [6.07, 6.45) is 0. The van der Waals surface area contributed by atoms with E-state index in [1.165, 1.54) is 0 Å². The Labute approximate surface area is 248 Å². The molecule has 0 saturated carbocycles. The molecule has 0 unspecified atom stereocenters. The molecule has 0 aliphatic carbocycles. The maximum atomic E-state index is 13.4. The summed E-state index contributed by atoms with van der Waals surface area (Å²) in [6.45, 7) is 8.08. The average molecular weight is 604 g/mol. The molecule has 0 aromatic heterocycles. The zero-order valence-electron chi connectivity index (χ0n) is 23.1. The monoisotopic (exact) mass is 602 g/mol. The van der Waals surface area contributed by atoms with Gasteiger partial charge < -0.3 is 24.4 Å². The van der Waals surface area contributed by atoms with Crippen molar-refractivity contribution in [3.05, 3.63) is 68.8 Å². The molecule has 3 heterocycles. The Morgan fingerprint density at radius 1 is 1.10 bits per heavy atom. The zero-order valence-corrected chi connectivity index (χ0v) is 24.6. The summed E-state index contributed by atoms with van der Waals surface area (Å²) in [7, 11) is 0. The van der Waals surface area contributed by atoms with Crippen molar-refractivity contribution in [2.24, 2.45) is 0 Å². The van der Waals surface area contributed by atoms with Crippen molar-refractivity contribution in [1.29, 1.82) is 0 Å². The number of halogens is 2. The van der Waals surface area contributed by atoms with Crippen molar-refractivity contribution in [2.75, 3.05) is 46.1 Å². The predicted molar refractivity (Wildman–Crippen MR) is 153 cm³/mol. The number of likely N-dealkylation sites (N-methyl/N-ethyl adjacent to an activating group) is 1. The first-order chi connectivity index (χ1) is 19.7. The summed E-state index contributed by atoms with van der Waals surface area (Å²) in [5.74, 6) is 0.557. The smallest absolute Gasteiger partial charge is 0.338 e. The minimum atomic E-state index is -0.836. The first-order valence-electron chi connectivity index (χ1n) is 13.6. The van der Waals surface area contributed by atoms with E-state index in [2.05, 4.69) is 10.2 Å². The first-order valence-corrected chi connectivity index (χ1v) is 14.3. The number of amides is 3. The lowest BCUT2D eigenvalue weighted by Crippen LogP contribution is -2.56. The maximum Gasteiger partial charge on any atom is 0.338 e. The van der Waals surface area contributed by atoms with E-state index >= 15 is 0 Å². The highest BCUT2D eigenvalue weighted by Gasteiger charge is 2.40. The molecule has 3 aliphatic heterocycles. The van der Waals surface area contributed by atoms with Crippen molar-refractivity contribution < 1.29 is 28.6 Å². The number of urea groups is 1. The Bertz CT molecular complexity index is 1400. The molecule has 12 heteroatoms. The number of fused-ring (bicyclic) bond motifs is 1. The zero-order chi connectivity index (χ0) is 29.3. The molecule has 0 radical (unpaired) electrons. The molecule has 3 amide bonds. The third kappa shape index (κ3) is 5.68.